The average molecular weight is 273 g/mol. The number of pyridine rings is 1. The van der Waals surface area contributed by atoms with Crippen molar-refractivity contribution >= 4 is 11.6 Å². The molecule has 1 heterocycles. The minimum atomic E-state index is 0.128. The summed E-state index contributed by atoms with van der Waals surface area (Å²) in [6, 6.07) is 4.24. The predicted molar refractivity (Wildman–Crippen MR) is 79.3 cm³/mol. The van der Waals surface area contributed by atoms with Crippen molar-refractivity contribution in [2.75, 3.05) is 5.32 Å². The number of fused-ring (bicyclic) bond motifs is 1. The van der Waals surface area contributed by atoms with Crippen molar-refractivity contribution in [3.63, 3.8) is 0 Å². The highest BCUT2D eigenvalue weighted by Gasteiger charge is 2.47. The van der Waals surface area contributed by atoms with Crippen molar-refractivity contribution in [2.24, 2.45) is 23.5 Å². The molecule has 1 aromatic heterocycles. The minimum absolute atomic E-state index is 0.128. The Bertz CT molecular complexity index is 497. The first-order chi connectivity index (χ1) is 9.54. The van der Waals surface area contributed by atoms with E-state index in [2.05, 4.69) is 24.1 Å². The number of nitrogens with zero attached hydrogens (tertiary/aromatic N) is 1. The minimum Gasteiger partial charge on any atom is -0.327 e. The van der Waals surface area contributed by atoms with Crippen molar-refractivity contribution in [3.05, 3.63) is 24.0 Å². The quantitative estimate of drug-likeness (QED) is 0.889. The van der Waals surface area contributed by atoms with Crippen LogP contribution in [0.25, 0.3) is 0 Å². The van der Waals surface area contributed by atoms with Crippen LogP contribution >= 0.6 is 0 Å². The topological polar surface area (TPSA) is 68.0 Å². The van der Waals surface area contributed by atoms with Crippen LogP contribution in [0, 0.1) is 17.8 Å². The van der Waals surface area contributed by atoms with E-state index in [4.69, 9.17) is 5.73 Å². The first-order valence-electron chi connectivity index (χ1n) is 7.57. The van der Waals surface area contributed by atoms with Gasteiger partial charge in [-0.3, -0.25) is 9.78 Å². The smallest absolute Gasteiger partial charge is 0.227 e. The van der Waals surface area contributed by atoms with Crippen LogP contribution in [0.1, 0.15) is 44.7 Å². The third-order valence-corrected chi connectivity index (χ3v) is 4.89. The van der Waals surface area contributed by atoms with Crippen LogP contribution in [0.4, 0.5) is 5.69 Å². The van der Waals surface area contributed by atoms with E-state index in [1.54, 1.807) is 6.20 Å². The molecule has 0 spiro atoms. The molecule has 2 fully saturated rings. The standard InChI is InChI=1S/C16H23N3O/c1-9(2)15-4-3-12(8-18-15)19-16(20)11-5-10-7-14(17)13(10)6-11/h3-4,8-11,13-14H,5-7,17H2,1-2H3,(H,19,20). The Morgan fingerprint density at radius 2 is 2.15 bits per heavy atom. The predicted octanol–water partition coefficient (Wildman–Crippen LogP) is 2.52. The molecule has 0 aromatic carbocycles. The zero-order chi connectivity index (χ0) is 14.3. The molecule has 1 amide bonds. The number of aromatic nitrogens is 1. The van der Waals surface area contributed by atoms with Crippen LogP contribution in [-0.4, -0.2) is 16.9 Å². The molecule has 4 nitrogen and oxygen atoms in total. The van der Waals surface area contributed by atoms with E-state index in [1.165, 1.54) is 0 Å². The normalized spacial score (nSPS) is 31.8. The molecular weight excluding hydrogens is 250 g/mol. The highest BCUT2D eigenvalue weighted by molar-refractivity contribution is 5.92. The fourth-order valence-electron chi connectivity index (χ4n) is 3.56. The van der Waals surface area contributed by atoms with E-state index in [0.29, 0.717) is 23.8 Å². The second-order valence-corrected chi connectivity index (χ2v) is 6.61. The Hall–Kier alpha value is -1.42. The van der Waals surface area contributed by atoms with Crippen LogP contribution in [-0.2, 0) is 4.79 Å². The highest BCUT2D eigenvalue weighted by atomic mass is 16.1. The summed E-state index contributed by atoms with van der Waals surface area (Å²) in [5.41, 5.74) is 7.83. The van der Waals surface area contributed by atoms with Gasteiger partial charge >= 0.3 is 0 Å². The van der Waals surface area contributed by atoms with E-state index < -0.39 is 0 Å². The third kappa shape index (κ3) is 2.44. The lowest BCUT2D eigenvalue weighted by Gasteiger charge is -2.37. The van der Waals surface area contributed by atoms with Gasteiger partial charge in [0.05, 0.1) is 11.9 Å². The van der Waals surface area contributed by atoms with E-state index in [9.17, 15) is 4.79 Å². The summed E-state index contributed by atoms with van der Waals surface area (Å²) in [7, 11) is 0. The lowest BCUT2D eigenvalue weighted by Crippen LogP contribution is -2.44. The van der Waals surface area contributed by atoms with Gasteiger partial charge in [0.1, 0.15) is 0 Å². The van der Waals surface area contributed by atoms with E-state index >= 15 is 0 Å². The molecule has 0 aliphatic heterocycles. The van der Waals surface area contributed by atoms with Crippen LogP contribution in [0.15, 0.2) is 18.3 Å². The molecule has 0 radical (unpaired) electrons. The van der Waals surface area contributed by atoms with Gasteiger partial charge in [-0.2, -0.15) is 0 Å². The molecule has 3 N–H and O–H groups in total. The lowest BCUT2D eigenvalue weighted by atomic mass is 9.72. The number of carbonyl (C=O) groups is 1. The molecule has 4 atom stereocenters. The summed E-state index contributed by atoms with van der Waals surface area (Å²) in [5.74, 6) is 1.93. The van der Waals surface area contributed by atoms with Gasteiger partial charge in [0.25, 0.3) is 0 Å². The van der Waals surface area contributed by atoms with Crippen molar-refractivity contribution in [3.8, 4) is 0 Å². The third-order valence-electron chi connectivity index (χ3n) is 4.89. The van der Waals surface area contributed by atoms with Crippen LogP contribution in [0.2, 0.25) is 0 Å². The van der Waals surface area contributed by atoms with Gasteiger partial charge in [-0.05, 0) is 49.1 Å². The number of nitrogens with two attached hydrogens (primary N) is 1. The van der Waals surface area contributed by atoms with Crippen molar-refractivity contribution in [2.45, 2.75) is 45.1 Å². The largest absolute Gasteiger partial charge is 0.327 e. The Morgan fingerprint density at radius 3 is 2.70 bits per heavy atom. The Labute approximate surface area is 120 Å². The second-order valence-electron chi connectivity index (χ2n) is 6.61. The summed E-state index contributed by atoms with van der Waals surface area (Å²) in [4.78, 5) is 16.7. The zero-order valence-corrected chi connectivity index (χ0v) is 12.2. The maximum absolute atomic E-state index is 12.3. The summed E-state index contributed by atoms with van der Waals surface area (Å²) >= 11 is 0. The maximum Gasteiger partial charge on any atom is 0.227 e. The van der Waals surface area contributed by atoms with E-state index in [-0.39, 0.29) is 11.8 Å². The molecule has 0 bridgehead atoms. The fourth-order valence-corrected chi connectivity index (χ4v) is 3.56. The average Bonchev–Trinajstić information content (AvgIpc) is 2.76. The molecule has 108 valence electrons. The van der Waals surface area contributed by atoms with E-state index in [0.717, 1.165) is 30.6 Å². The zero-order valence-electron chi connectivity index (χ0n) is 12.2. The number of anilines is 1. The van der Waals surface area contributed by atoms with Crippen molar-refractivity contribution < 1.29 is 4.79 Å². The maximum atomic E-state index is 12.3. The number of amides is 1. The molecule has 1 aromatic rings. The van der Waals surface area contributed by atoms with Gasteiger partial charge in [0, 0.05) is 17.7 Å². The molecule has 2 aliphatic carbocycles. The molecule has 4 unspecified atom stereocenters. The Kier molecular flexibility index (Phi) is 3.50. The number of rotatable bonds is 3. The number of hydrogen-bond donors (Lipinski definition) is 2. The molecule has 2 saturated carbocycles. The van der Waals surface area contributed by atoms with Gasteiger partial charge in [-0.1, -0.05) is 13.8 Å². The van der Waals surface area contributed by atoms with Gasteiger partial charge in [0.2, 0.25) is 5.91 Å². The van der Waals surface area contributed by atoms with Gasteiger partial charge in [-0.15, -0.1) is 0 Å². The number of hydrogen-bond acceptors (Lipinski definition) is 3. The monoisotopic (exact) mass is 273 g/mol. The van der Waals surface area contributed by atoms with Gasteiger partial charge in [-0.25, -0.2) is 0 Å². The molecule has 0 saturated heterocycles. The summed E-state index contributed by atoms with van der Waals surface area (Å²) in [6.45, 7) is 4.22. The number of carbonyl (C=O) groups excluding carboxylic acids is 1. The number of nitrogens with one attached hydrogen (secondary N) is 1. The van der Waals surface area contributed by atoms with Crippen LogP contribution in [0.3, 0.4) is 0 Å². The molecule has 20 heavy (non-hydrogen) atoms. The van der Waals surface area contributed by atoms with Crippen molar-refractivity contribution in [1.82, 2.24) is 4.98 Å². The first kappa shape index (κ1) is 13.6. The van der Waals surface area contributed by atoms with Gasteiger partial charge < -0.3 is 11.1 Å². The fraction of sp³-hybridized carbons (Fsp3) is 0.625. The summed E-state index contributed by atoms with van der Waals surface area (Å²) < 4.78 is 0. The molecule has 2 aliphatic rings. The Balaban J connectivity index is 1.59. The van der Waals surface area contributed by atoms with Crippen molar-refractivity contribution in [1.29, 1.82) is 0 Å². The first-order valence-corrected chi connectivity index (χ1v) is 7.57. The molecule has 3 rings (SSSR count). The highest BCUT2D eigenvalue weighted by Crippen LogP contribution is 2.49. The second kappa shape index (κ2) is 5.17. The summed E-state index contributed by atoms with van der Waals surface area (Å²) in [5, 5.41) is 2.99. The van der Waals surface area contributed by atoms with Crippen LogP contribution in [0.5, 0.6) is 0 Å². The molecule has 4 heteroatoms. The molecular formula is C16H23N3O. The van der Waals surface area contributed by atoms with Gasteiger partial charge in [0.15, 0.2) is 0 Å². The summed E-state index contributed by atoms with van der Waals surface area (Å²) in [6.07, 6.45) is 4.80. The Morgan fingerprint density at radius 1 is 1.35 bits per heavy atom. The van der Waals surface area contributed by atoms with E-state index in [1.807, 2.05) is 12.1 Å². The lowest BCUT2D eigenvalue weighted by molar-refractivity contribution is -0.119. The SMILES string of the molecule is CC(C)c1ccc(NC(=O)C2CC3CC(N)C3C2)cn1. The van der Waals surface area contributed by atoms with Crippen LogP contribution < -0.4 is 11.1 Å².